The molecule has 0 bridgehead atoms. The lowest BCUT2D eigenvalue weighted by Gasteiger charge is -2.22. The average Bonchev–Trinajstić information content (AvgIpc) is 2.73. The van der Waals surface area contributed by atoms with Crippen LogP contribution in [0.4, 0.5) is 0 Å². The van der Waals surface area contributed by atoms with Crippen molar-refractivity contribution >= 4 is 23.3 Å². The van der Waals surface area contributed by atoms with Crippen LogP contribution in [0.25, 0.3) is 0 Å². The molecule has 0 fully saturated rings. The van der Waals surface area contributed by atoms with E-state index in [0.29, 0.717) is 5.56 Å². The molecule has 0 aromatic heterocycles. The smallest absolute Gasteiger partial charge is 0.342 e. The van der Waals surface area contributed by atoms with E-state index in [1.807, 2.05) is 0 Å². The maximum atomic E-state index is 12.8. The molecule has 0 saturated carbocycles. The fraction of sp³-hybridized carbons (Fsp3) is 0.545. The van der Waals surface area contributed by atoms with Gasteiger partial charge in [-0.15, -0.1) is 0 Å². The second-order valence-electron chi connectivity index (χ2n) is 7.78. The zero-order valence-electron chi connectivity index (χ0n) is 17.6. The molecular formula is C22H28O9. The molecule has 0 radical (unpaired) electrons. The average molecular weight is 436 g/mol. The Balaban J connectivity index is 2.36. The molecule has 31 heavy (non-hydrogen) atoms. The van der Waals surface area contributed by atoms with Crippen LogP contribution in [0.5, 0.6) is 11.5 Å². The molecule has 0 aliphatic carbocycles. The third-order valence-corrected chi connectivity index (χ3v) is 5.31. The lowest BCUT2D eigenvalue weighted by molar-refractivity contribution is -0.144. The second kappa shape index (κ2) is 11.0. The van der Waals surface area contributed by atoms with E-state index >= 15 is 0 Å². The van der Waals surface area contributed by atoms with Gasteiger partial charge in [-0.05, 0) is 43.7 Å². The Morgan fingerprint density at radius 2 is 1.77 bits per heavy atom. The summed E-state index contributed by atoms with van der Waals surface area (Å²) in [5.74, 6) is -3.80. The van der Waals surface area contributed by atoms with Crippen LogP contribution >= 0.6 is 0 Å². The fourth-order valence-corrected chi connectivity index (χ4v) is 3.18. The van der Waals surface area contributed by atoms with E-state index in [0.717, 1.165) is 0 Å². The quantitative estimate of drug-likeness (QED) is 0.466. The Kier molecular flexibility index (Phi) is 8.70. The fourth-order valence-electron chi connectivity index (χ4n) is 3.18. The standard InChI is InChI=1S/C22H28O9/c1-12-6-7-18(26)21(28)17(25)5-3-4-14-8-16(30-11-15(24)10-23)9-19(27)20(14)22(29)31-13(12)2/h8-9,12-13,15,23-24,27H,3-7,10-11H2,1-2H3/t12-,13+,15+/m1/s1. The number of aryl methyl sites for hydroxylation is 1. The van der Waals surface area contributed by atoms with Gasteiger partial charge in [-0.2, -0.15) is 0 Å². The number of rotatable bonds is 4. The molecule has 3 N–H and O–H groups in total. The summed E-state index contributed by atoms with van der Waals surface area (Å²) in [6.45, 7) is 2.67. The normalized spacial score (nSPS) is 22.3. The number of carbonyl (C=O) groups is 4. The number of ether oxygens (including phenoxy) is 2. The Labute approximate surface area is 180 Å². The van der Waals surface area contributed by atoms with E-state index < -0.39 is 42.1 Å². The van der Waals surface area contributed by atoms with Gasteiger partial charge in [-0.3, -0.25) is 14.4 Å². The molecule has 0 saturated heterocycles. The molecule has 2 rings (SSSR count). The number of fused-ring (bicyclic) bond motifs is 1. The molecule has 0 spiro atoms. The first-order valence-corrected chi connectivity index (χ1v) is 10.2. The summed E-state index contributed by atoms with van der Waals surface area (Å²) in [5.41, 5.74) is 0.267. The third kappa shape index (κ3) is 6.60. The first-order chi connectivity index (χ1) is 14.6. The predicted molar refractivity (Wildman–Crippen MR) is 108 cm³/mol. The number of phenolic OH excluding ortho intramolecular Hbond substituents is 1. The van der Waals surface area contributed by atoms with Crippen molar-refractivity contribution < 1.29 is 44.0 Å². The third-order valence-electron chi connectivity index (χ3n) is 5.31. The highest BCUT2D eigenvalue weighted by atomic mass is 16.5. The van der Waals surface area contributed by atoms with Crippen LogP contribution in [0.3, 0.4) is 0 Å². The minimum absolute atomic E-state index is 0.0685. The van der Waals surface area contributed by atoms with E-state index in [1.165, 1.54) is 12.1 Å². The summed E-state index contributed by atoms with van der Waals surface area (Å²) in [7, 11) is 0. The zero-order chi connectivity index (χ0) is 23.1. The number of aromatic hydroxyl groups is 1. The number of Topliss-reactive ketones (excluding diaryl/α,β-unsaturated/α-hetero) is 3. The second-order valence-corrected chi connectivity index (χ2v) is 7.78. The SMILES string of the molecule is C[C@@H]1CCC(=O)C(=O)C(=O)CCCc2cc(OC[C@@H](O)CO)cc(O)c2C(=O)O[C@H]1C. The molecule has 1 aliphatic heterocycles. The molecular weight excluding hydrogens is 408 g/mol. The van der Waals surface area contributed by atoms with E-state index in [-0.39, 0.29) is 61.7 Å². The molecule has 1 heterocycles. The van der Waals surface area contributed by atoms with Crippen molar-refractivity contribution in [1.82, 2.24) is 0 Å². The van der Waals surface area contributed by atoms with Crippen LogP contribution in [-0.4, -0.2) is 64.1 Å². The number of phenols is 1. The van der Waals surface area contributed by atoms with Crippen LogP contribution in [0.1, 0.15) is 55.5 Å². The summed E-state index contributed by atoms with van der Waals surface area (Å²) < 4.78 is 10.8. The van der Waals surface area contributed by atoms with Crippen molar-refractivity contribution in [2.45, 2.75) is 58.2 Å². The van der Waals surface area contributed by atoms with Gasteiger partial charge in [0.15, 0.2) is 0 Å². The predicted octanol–water partition coefficient (Wildman–Crippen LogP) is 1.13. The molecule has 1 aromatic carbocycles. The Hall–Kier alpha value is -2.78. The van der Waals surface area contributed by atoms with E-state index in [4.69, 9.17) is 14.6 Å². The van der Waals surface area contributed by atoms with E-state index in [2.05, 4.69) is 0 Å². The number of hydrogen-bond acceptors (Lipinski definition) is 9. The summed E-state index contributed by atoms with van der Waals surface area (Å²) in [6.07, 6.45) is -1.44. The lowest BCUT2D eigenvalue weighted by Crippen LogP contribution is -2.27. The minimum atomic E-state index is -1.12. The van der Waals surface area contributed by atoms with Gasteiger partial charge in [0.2, 0.25) is 11.6 Å². The van der Waals surface area contributed by atoms with Gasteiger partial charge in [-0.1, -0.05) is 6.92 Å². The van der Waals surface area contributed by atoms with Gasteiger partial charge < -0.3 is 24.8 Å². The van der Waals surface area contributed by atoms with Gasteiger partial charge in [-0.25, -0.2) is 4.79 Å². The van der Waals surface area contributed by atoms with Crippen molar-refractivity contribution in [3.63, 3.8) is 0 Å². The number of aliphatic hydroxyl groups is 2. The van der Waals surface area contributed by atoms with Crippen molar-refractivity contribution in [3.8, 4) is 11.5 Å². The van der Waals surface area contributed by atoms with Gasteiger partial charge in [0.05, 0.1) is 6.61 Å². The number of esters is 1. The number of hydrogen-bond donors (Lipinski definition) is 3. The summed E-state index contributed by atoms with van der Waals surface area (Å²) in [5, 5.41) is 28.8. The first-order valence-electron chi connectivity index (χ1n) is 10.2. The van der Waals surface area contributed by atoms with Crippen molar-refractivity contribution in [2.24, 2.45) is 5.92 Å². The molecule has 170 valence electrons. The molecule has 9 heteroatoms. The molecule has 3 atom stereocenters. The monoisotopic (exact) mass is 436 g/mol. The van der Waals surface area contributed by atoms with Gasteiger partial charge >= 0.3 is 5.97 Å². The molecule has 9 nitrogen and oxygen atoms in total. The zero-order valence-corrected chi connectivity index (χ0v) is 17.6. The highest BCUT2D eigenvalue weighted by Gasteiger charge is 2.28. The summed E-state index contributed by atoms with van der Waals surface area (Å²) >= 11 is 0. The lowest BCUT2D eigenvalue weighted by atomic mass is 9.94. The molecule has 1 aromatic rings. The topological polar surface area (TPSA) is 147 Å². The van der Waals surface area contributed by atoms with Gasteiger partial charge in [0.25, 0.3) is 5.78 Å². The summed E-state index contributed by atoms with van der Waals surface area (Å²) in [4.78, 5) is 48.8. The maximum Gasteiger partial charge on any atom is 0.342 e. The first kappa shape index (κ1) is 24.5. The van der Waals surface area contributed by atoms with Gasteiger partial charge in [0.1, 0.15) is 35.9 Å². The van der Waals surface area contributed by atoms with Crippen molar-refractivity contribution in [1.29, 1.82) is 0 Å². The molecule has 0 amide bonds. The Morgan fingerprint density at radius 1 is 1.10 bits per heavy atom. The maximum absolute atomic E-state index is 12.8. The molecule has 0 unspecified atom stereocenters. The number of cyclic esters (lactones) is 1. The number of benzene rings is 1. The van der Waals surface area contributed by atoms with Crippen LogP contribution in [-0.2, 0) is 25.5 Å². The van der Waals surface area contributed by atoms with Crippen LogP contribution < -0.4 is 4.74 Å². The van der Waals surface area contributed by atoms with Gasteiger partial charge in [0, 0.05) is 18.9 Å². The number of ketones is 3. The largest absolute Gasteiger partial charge is 0.507 e. The van der Waals surface area contributed by atoms with Crippen molar-refractivity contribution in [2.75, 3.05) is 13.2 Å². The van der Waals surface area contributed by atoms with Crippen LogP contribution in [0.15, 0.2) is 12.1 Å². The highest BCUT2D eigenvalue weighted by Crippen LogP contribution is 2.31. The van der Waals surface area contributed by atoms with E-state index in [1.54, 1.807) is 13.8 Å². The number of carbonyl (C=O) groups excluding carboxylic acids is 4. The summed E-state index contributed by atoms with van der Waals surface area (Å²) in [6, 6.07) is 2.67. The number of aliphatic hydroxyl groups excluding tert-OH is 2. The van der Waals surface area contributed by atoms with Crippen molar-refractivity contribution in [3.05, 3.63) is 23.3 Å². The Bertz CT molecular complexity index is 846. The minimum Gasteiger partial charge on any atom is -0.507 e. The van der Waals surface area contributed by atoms with Crippen LogP contribution in [0, 0.1) is 5.92 Å². The molecule has 1 aliphatic rings. The van der Waals surface area contributed by atoms with E-state index in [9.17, 15) is 29.4 Å². The highest BCUT2D eigenvalue weighted by molar-refractivity contribution is 6.63. The Morgan fingerprint density at radius 3 is 2.45 bits per heavy atom. The van der Waals surface area contributed by atoms with Crippen LogP contribution in [0.2, 0.25) is 0 Å².